The lowest BCUT2D eigenvalue weighted by Gasteiger charge is -1.93. The fourth-order valence-electron chi connectivity index (χ4n) is 0.248. The van der Waals surface area contributed by atoms with Crippen LogP contribution < -0.4 is 0 Å². The summed E-state index contributed by atoms with van der Waals surface area (Å²) in [5, 5.41) is 3.31. The maximum Gasteiger partial charge on any atom is 0.334 e. The van der Waals surface area contributed by atoms with Crippen LogP contribution in [0.1, 0.15) is 27.2 Å². The van der Waals surface area contributed by atoms with Crippen LogP contribution in [0.2, 0.25) is 0 Å². The van der Waals surface area contributed by atoms with Gasteiger partial charge in [0, 0.05) is 13.3 Å². The molecule has 0 aromatic heterocycles. The van der Waals surface area contributed by atoms with Crippen LogP contribution >= 0.6 is 0 Å². The number of carbonyl (C=O) groups is 2. The van der Waals surface area contributed by atoms with E-state index in [9.17, 15) is 9.59 Å². The Labute approximate surface area is 65.2 Å². The third-order valence-corrected chi connectivity index (χ3v) is 1.08. The zero-order valence-corrected chi connectivity index (χ0v) is 6.88. The second-order valence-corrected chi connectivity index (χ2v) is 2.05. The van der Waals surface area contributed by atoms with Gasteiger partial charge < -0.3 is 4.84 Å². The molecule has 62 valence electrons. The highest BCUT2D eigenvalue weighted by Crippen LogP contribution is 1.87. The van der Waals surface area contributed by atoms with Crippen molar-refractivity contribution < 1.29 is 14.4 Å². The third-order valence-electron chi connectivity index (χ3n) is 1.08. The van der Waals surface area contributed by atoms with E-state index in [1.165, 1.54) is 13.8 Å². The van der Waals surface area contributed by atoms with Crippen molar-refractivity contribution in [3.8, 4) is 0 Å². The number of ketones is 1. The predicted molar refractivity (Wildman–Crippen MR) is 40.2 cm³/mol. The van der Waals surface area contributed by atoms with E-state index in [0.29, 0.717) is 0 Å². The first-order valence-corrected chi connectivity index (χ1v) is 3.33. The van der Waals surface area contributed by atoms with Crippen LogP contribution in [-0.4, -0.2) is 17.5 Å². The number of hydrogen-bond donors (Lipinski definition) is 0. The summed E-state index contributed by atoms with van der Waals surface area (Å²) in [4.78, 5) is 25.4. The van der Waals surface area contributed by atoms with Gasteiger partial charge in [-0.1, -0.05) is 12.1 Å². The summed E-state index contributed by atoms with van der Waals surface area (Å²) >= 11 is 0. The SMILES string of the molecule is CCC(=O)O/N=C(\C)C(C)=O. The van der Waals surface area contributed by atoms with Crippen LogP contribution in [0.3, 0.4) is 0 Å². The van der Waals surface area contributed by atoms with E-state index in [0.717, 1.165) is 0 Å². The largest absolute Gasteiger partial charge is 0.334 e. The third kappa shape index (κ3) is 4.25. The topological polar surface area (TPSA) is 55.7 Å². The Morgan fingerprint density at radius 2 is 1.91 bits per heavy atom. The Balaban J connectivity index is 3.92. The molecule has 0 aromatic carbocycles. The molecule has 0 heterocycles. The second kappa shape index (κ2) is 4.60. The molecule has 0 atom stereocenters. The van der Waals surface area contributed by atoms with Gasteiger partial charge in [0.2, 0.25) is 0 Å². The summed E-state index contributed by atoms with van der Waals surface area (Å²) in [5.74, 6) is -0.639. The maximum absolute atomic E-state index is 10.5. The number of carbonyl (C=O) groups excluding carboxylic acids is 2. The van der Waals surface area contributed by atoms with Gasteiger partial charge in [0.15, 0.2) is 5.78 Å². The van der Waals surface area contributed by atoms with Gasteiger partial charge in [0.05, 0.1) is 0 Å². The van der Waals surface area contributed by atoms with Crippen molar-refractivity contribution in [1.29, 1.82) is 0 Å². The lowest BCUT2D eigenvalue weighted by atomic mass is 10.3. The van der Waals surface area contributed by atoms with Gasteiger partial charge in [-0.05, 0) is 6.92 Å². The second-order valence-electron chi connectivity index (χ2n) is 2.05. The zero-order valence-electron chi connectivity index (χ0n) is 6.88. The van der Waals surface area contributed by atoms with E-state index >= 15 is 0 Å². The fourth-order valence-corrected chi connectivity index (χ4v) is 0.248. The molecule has 0 radical (unpaired) electrons. The van der Waals surface area contributed by atoms with Crippen molar-refractivity contribution in [2.75, 3.05) is 0 Å². The highest BCUT2D eigenvalue weighted by atomic mass is 16.7. The van der Waals surface area contributed by atoms with Gasteiger partial charge in [-0.3, -0.25) is 4.79 Å². The van der Waals surface area contributed by atoms with Crippen molar-refractivity contribution in [3.63, 3.8) is 0 Å². The first-order chi connectivity index (χ1) is 5.07. The van der Waals surface area contributed by atoms with E-state index < -0.39 is 5.97 Å². The molecule has 0 aliphatic heterocycles. The van der Waals surface area contributed by atoms with Gasteiger partial charge >= 0.3 is 5.97 Å². The molecule has 0 rings (SSSR count). The van der Waals surface area contributed by atoms with E-state index in [1.807, 2.05) is 0 Å². The van der Waals surface area contributed by atoms with Gasteiger partial charge in [-0.2, -0.15) is 0 Å². The molecule has 0 bridgehead atoms. The number of hydrogen-bond acceptors (Lipinski definition) is 4. The normalized spacial score (nSPS) is 11.0. The van der Waals surface area contributed by atoms with E-state index in [1.54, 1.807) is 6.92 Å². The summed E-state index contributed by atoms with van der Waals surface area (Å²) in [5.41, 5.74) is 0.201. The van der Waals surface area contributed by atoms with Crippen molar-refractivity contribution in [3.05, 3.63) is 0 Å². The van der Waals surface area contributed by atoms with Gasteiger partial charge in [0.1, 0.15) is 5.71 Å². The first-order valence-electron chi connectivity index (χ1n) is 3.33. The summed E-state index contributed by atoms with van der Waals surface area (Å²) in [6, 6.07) is 0. The molecular formula is C7H11NO3. The average molecular weight is 157 g/mol. The Bertz CT molecular complexity index is 196. The zero-order chi connectivity index (χ0) is 8.85. The van der Waals surface area contributed by atoms with Crippen molar-refractivity contribution in [2.45, 2.75) is 27.2 Å². The van der Waals surface area contributed by atoms with Gasteiger partial charge in [-0.25, -0.2) is 4.79 Å². The molecule has 4 heteroatoms. The monoisotopic (exact) mass is 157 g/mol. The summed E-state index contributed by atoms with van der Waals surface area (Å²) in [6.45, 7) is 4.50. The molecule has 0 aliphatic rings. The fraction of sp³-hybridized carbons (Fsp3) is 0.571. The Morgan fingerprint density at radius 1 is 1.36 bits per heavy atom. The van der Waals surface area contributed by atoms with Crippen molar-refractivity contribution >= 4 is 17.5 Å². The Hall–Kier alpha value is -1.19. The van der Waals surface area contributed by atoms with Crippen LogP contribution in [-0.2, 0) is 14.4 Å². The quantitative estimate of drug-likeness (QED) is 0.347. The van der Waals surface area contributed by atoms with Crippen LogP contribution in [0.4, 0.5) is 0 Å². The molecule has 0 fully saturated rings. The van der Waals surface area contributed by atoms with Crippen LogP contribution in [0.25, 0.3) is 0 Å². The molecule has 0 spiro atoms. The lowest BCUT2D eigenvalue weighted by Crippen LogP contribution is -2.07. The van der Waals surface area contributed by atoms with Gasteiger partial charge in [-0.15, -0.1) is 0 Å². The molecule has 11 heavy (non-hydrogen) atoms. The maximum atomic E-state index is 10.5. The van der Waals surface area contributed by atoms with Crippen LogP contribution in [0.5, 0.6) is 0 Å². The van der Waals surface area contributed by atoms with Crippen molar-refractivity contribution in [1.82, 2.24) is 0 Å². The molecule has 0 aliphatic carbocycles. The minimum Gasteiger partial charge on any atom is -0.318 e. The molecule has 0 N–H and O–H groups in total. The highest BCUT2D eigenvalue weighted by Gasteiger charge is 2.00. The standard InChI is InChI=1S/C7H11NO3/c1-4-7(10)11-8-5(2)6(3)9/h4H2,1-3H3/b8-5+. The van der Waals surface area contributed by atoms with Crippen LogP contribution in [0, 0.1) is 0 Å². The van der Waals surface area contributed by atoms with Crippen LogP contribution in [0.15, 0.2) is 5.16 Å². The van der Waals surface area contributed by atoms with E-state index in [4.69, 9.17) is 0 Å². The van der Waals surface area contributed by atoms with Crippen molar-refractivity contribution in [2.24, 2.45) is 5.16 Å². The molecule has 4 nitrogen and oxygen atoms in total. The lowest BCUT2D eigenvalue weighted by molar-refractivity contribution is -0.143. The highest BCUT2D eigenvalue weighted by molar-refractivity contribution is 6.37. The number of Topliss-reactive ketones (excluding diaryl/α,β-unsaturated/α-hetero) is 1. The Morgan fingerprint density at radius 3 is 2.27 bits per heavy atom. The minimum absolute atomic E-state index is 0.200. The number of rotatable bonds is 3. The minimum atomic E-state index is -0.439. The average Bonchev–Trinajstić information content (AvgIpc) is 1.99. The van der Waals surface area contributed by atoms with E-state index in [-0.39, 0.29) is 17.9 Å². The molecular weight excluding hydrogens is 146 g/mol. The number of nitrogens with zero attached hydrogens (tertiary/aromatic N) is 1. The molecule has 0 saturated heterocycles. The smallest absolute Gasteiger partial charge is 0.318 e. The Kier molecular flexibility index (Phi) is 4.10. The van der Waals surface area contributed by atoms with E-state index in [2.05, 4.69) is 9.99 Å². The summed E-state index contributed by atoms with van der Waals surface area (Å²) in [6.07, 6.45) is 0.259. The first kappa shape index (κ1) is 9.81. The van der Waals surface area contributed by atoms with Gasteiger partial charge in [0.25, 0.3) is 0 Å². The molecule has 0 saturated carbocycles. The molecule has 0 unspecified atom stereocenters. The predicted octanol–water partition coefficient (Wildman–Crippen LogP) is 0.905. The summed E-state index contributed by atoms with van der Waals surface area (Å²) < 4.78 is 0. The molecule has 0 amide bonds. The molecule has 0 aromatic rings. The summed E-state index contributed by atoms with van der Waals surface area (Å²) in [7, 11) is 0. The number of oxime groups is 1.